The van der Waals surface area contributed by atoms with Gasteiger partial charge in [-0.1, -0.05) is 31.4 Å². The van der Waals surface area contributed by atoms with Gasteiger partial charge in [-0.3, -0.25) is 4.79 Å². The number of benzene rings is 1. The molecule has 0 saturated heterocycles. The van der Waals surface area contributed by atoms with E-state index in [2.05, 4.69) is 10.6 Å². The summed E-state index contributed by atoms with van der Waals surface area (Å²) < 4.78 is 16.6. The molecule has 1 aromatic heterocycles. The van der Waals surface area contributed by atoms with Gasteiger partial charge in [-0.2, -0.15) is 0 Å². The number of carbonyl (C=O) groups is 1. The average molecular weight is 386 g/mol. The zero-order valence-corrected chi connectivity index (χ0v) is 16.5. The molecule has 1 amide bonds. The van der Waals surface area contributed by atoms with Crippen LogP contribution in [0.4, 0.5) is 0 Å². The number of para-hydroxylation sites is 2. The summed E-state index contributed by atoms with van der Waals surface area (Å²) in [5, 5.41) is 6.49. The standard InChI is InChI=1S/C22H30N2O4/c1-26-19-10-5-6-11-20(19)27-16-18-12-13-21(28-18)22(25)24-15-7-14-23-17-8-3-2-4-9-17/h5-6,10-13,17,23H,2-4,7-9,14-16H2,1H3,(H,24,25). The summed E-state index contributed by atoms with van der Waals surface area (Å²) in [6.45, 7) is 1.80. The molecule has 2 aromatic rings. The van der Waals surface area contributed by atoms with Crippen molar-refractivity contribution < 1.29 is 18.7 Å². The highest BCUT2D eigenvalue weighted by Gasteiger charge is 2.13. The molecule has 1 aliphatic carbocycles. The van der Waals surface area contributed by atoms with E-state index in [4.69, 9.17) is 13.9 Å². The second-order valence-electron chi connectivity index (χ2n) is 7.10. The Morgan fingerprint density at radius 2 is 1.86 bits per heavy atom. The largest absolute Gasteiger partial charge is 0.493 e. The van der Waals surface area contributed by atoms with Crippen molar-refractivity contribution in [3.8, 4) is 11.5 Å². The van der Waals surface area contributed by atoms with E-state index < -0.39 is 0 Å². The molecular formula is C22H30N2O4. The first-order valence-corrected chi connectivity index (χ1v) is 10.1. The van der Waals surface area contributed by atoms with Crippen molar-refractivity contribution in [1.82, 2.24) is 10.6 Å². The van der Waals surface area contributed by atoms with E-state index in [-0.39, 0.29) is 12.5 Å². The van der Waals surface area contributed by atoms with Crippen molar-refractivity contribution in [2.45, 2.75) is 51.2 Å². The van der Waals surface area contributed by atoms with Gasteiger partial charge in [-0.05, 0) is 50.1 Å². The molecule has 0 aliphatic heterocycles. The minimum absolute atomic E-state index is 0.193. The first kappa shape index (κ1) is 20.3. The topological polar surface area (TPSA) is 72.7 Å². The van der Waals surface area contributed by atoms with Crippen molar-refractivity contribution in [2.24, 2.45) is 0 Å². The summed E-state index contributed by atoms with van der Waals surface area (Å²) in [7, 11) is 1.60. The second-order valence-corrected chi connectivity index (χ2v) is 7.10. The van der Waals surface area contributed by atoms with E-state index in [1.807, 2.05) is 24.3 Å². The highest BCUT2D eigenvalue weighted by molar-refractivity contribution is 5.91. The smallest absolute Gasteiger partial charge is 0.286 e. The Balaban J connectivity index is 1.36. The van der Waals surface area contributed by atoms with Gasteiger partial charge in [0.05, 0.1) is 7.11 Å². The van der Waals surface area contributed by atoms with E-state index in [1.54, 1.807) is 19.2 Å². The normalized spacial score (nSPS) is 14.6. The molecule has 0 unspecified atom stereocenters. The van der Waals surface area contributed by atoms with Crippen molar-refractivity contribution in [3.05, 3.63) is 47.9 Å². The monoisotopic (exact) mass is 386 g/mol. The molecule has 1 aliphatic rings. The fraction of sp³-hybridized carbons (Fsp3) is 0.500. The number of hydrogen-bond donors (Lipinski definition) is 2. The van der Waals surface area contributed by atoms with Crippen LogP contribution in [0.25, 0.3) is 0 Å². The predicted octanol–water partition coefficient (Wildman–Crippen LogP) is 3.91. The number of nitrogens with one attached hydrogen (secondary N) is 2. The van der Waals surface area contributed by atoms with Crippen LogP contribution in [-0.4, -0.2) is 32.1 Å². The number of methoxy groups -OCH3 is 1. The van der Waals surface area contributed by atoms with Crippen molar-refractivity contribution in [2.75, 3.05) is 20.2 Å². The highest BCUT2D eigenvalue weighted by atomic mass is 16.5. The summed E-state index contributed by atoms with van der Waals surface area (Å²) in [6.07, 6.45) is 7.49. The summed E-state index contributed by atoms with van der Waals surface area (Å²) in [5.41, 5.74) is 0. The Morgan fingerprint density at radius 1 is 1.07 bits per heavy atom. The highest BCUT2D eigenvalue weighted by Crippen LogP contribution is 2.26. The lowest BCUT2D eigenvalue weighted by Gasteiger charge is -2.22. The van der Waals surface area contributed by atoms with E-state index >= 15 is 0 Å². The third-order valence-corrected chi connectivity index (χ3v) is 5.00. The Morgan fingerprint density at radius 3 is 2.64 bits per heavy atom. The number of ether oxygens (including phenoxy) is 2. The Bertz CT molecular complexity index is 738. The zero-order valence-electron chi connectivity index (χ0n) is 16.5. The van der Waals surface area contributed by atoms with Gasteiger partial charge in [-0.25, -0.2) is 0 Å². The number of amides is 1. The molecule has 1 aromatic carbocycles. The number of carbonyl (C=O) groups excluding carboxylic acids is 1. The lowest BCUT2D eigenvalue weighted by atomic mass is 9.95. The fourth-order valence-electron chi connectivity index (χ4n) is 3.45. The van der Waals surface area contributed by atoms with Crippen LogP contribution < -0.4 is 20.1 Å². The first-order chi connectivity index (χ1) is 13.8. The molecule has 28 heavy (non-hydrogen) atoms. The van der Waals surface area contributed by atoms with Crippen molar-refractivity contribution >= 4 is 5.91 Å². The Labute approximate surface area is 166 Å². The molecule has 0 atom stereocenters. The first-order valence-electron chi connectivity index (χ1n) is 10.1. The van der Waals surface area contributed by atoms with Crippen LogP contribution >= 0.6 is 0 Å². The minimum atomic E-state index is -0.193. The average Bonchev–Trinajstić information content (AvgIpc) is 3.22. The van der Waals surface area contributed by atoms with E-state index in [1.165, 1.54) is 32.1 Å². The van der Waals surface area contributed by atoms with Crippen LogP contribution in [0.3, 0.4) is 0 Å². The molecule has 1 heterocycles. The van der Waals surface area contributed by atoms with Gasteiger partial charge in [0.1, 0.15) is 12.4 Å². The summed E-state index contributed by atoms with van der Waals surface area (Å²) in [5.74, 6) is 2.00. The SMILES string of the molecule is COc1ccccc1OCc1ccc(C(=O)NCCCNC2CCCCC2)o1. The van der Waals surface area contributed by atoms with Crippen molar-refractivity contribution in [1.29, 1.82) is 0 Å². The van der Waals surface area contributed by atoms with Crippen LogP contribution in [-0.2, 0) is 6.61 Å². The van der Waals surface area contributed by atoms with Gasteiger partial charge in [0.2, 0.25) is 0 Å². The van der Waals surface area contributed by atoms with Gasteiger partial charge in [-0.15, -0.1) is 0 Å². The third kappa shape index (κ3) is 6.02. The number of furan rings is 1. The van der Waals surface area contributed by atoms with Gasteiger partial charge < -0.3 is 24.5 Å². The fourth-order valence-corrected chi connectivity index (χ4v) is 3.45. The van der Waals surface area contributed by atoms with Crippen LogP contribution in [0.15, 0.2) is 40.8 Å². The summed E-state index contributed by atoms with van der Waals surface area (Å²) >= 11 is 0. The van der Waals surface area contributed by atoms with E-state index in [9.17, 15) is 4.79 Å². The number of hydrogen-bond acceptors (Lipinski definition) is 5. The molecule has 0 bridgehead atoms. The van der Waals surface area contributed by atoms with Crippen LogP contribution in [0, 0.1) is 0 Å². The molecule has 2 N–H and O–H groups in total. The molecule has 0 spiro atoms. The maximum atomic E-state index is 12.2. The van der Waals surface area contributed by atoms with Crippen LogP contribution in [0.5, 0.6) is 11.5 Å². The molecule has 1 saturated carbocycles. The minimum Gasteiger partial charge on any atom is -0.493 e. The summed E-state index contributed by atoms with van der Waals surface area (Å²) in [6, 6.07) is 11.5. The zero-order chi connectivity index (χ0) is 19.6. The molecule has 3 rings (SSSR count). The molecule has 1 fully saturated rings. The second kappa shape index (κ2) is 10.8. The van der Waals surface area contributed by atoms with Gasteiger partial charge >= 0.3 is 0 Å². The lowest BCUT2D eigenvalue weighted by Crippen LogP contribution is -2.33. The van der Waals surface area contributed by atoms with Crippen LogP contribution in [0.1, 0.15) is 54.8 Å². The van der Waals surface area contributed by atoms with E-state index in [0.717, 1.165) is 13.0 Å². The Hall–Kier alpha value is -2.47. The maximum Gasteiger partial charge on any atom is 0.286 e. The summed E-state index contributed by atoms with van der Waals surface area (Å²) in [4.78, 5) is 12.2. The van der Waals surface area contributed by atoms with Gasteiger partial charge in [0.15, 0.2) is 17.3 Å². The molecule has 6 nitrogen and oxygen atoms in total. The third-order valence-electron chi connectivity index (χ3n) is 5.00. The van der Waals surface area contributed by atoms with E-state index in [0.29, 0.717) is 35.6 Å². The van der Waals surface area contributed by atoms with Gasteiger partial charge in [0, 0.05) is 12.6 Å². The lowest BCUT2D eigenvalue weighted by molar-refractivity contribution is 0.0921. The molecule has 6 heteroatoms. The molecular weight excluding hydrogens is 356 g/mol. The molecule has 0 radical (unpaired) electrons. The quantitative estimate of drug-likeness (QED) is 0.606. The molecule has 152 valence electrons. The Kier molecular flexibility index (Phi) is 7.79. The predicted molar refractivity (Wildman–Crippen MR) is 108 cm³/mol. The number of rotatable bonds is 10. The van der Waals surface area contributed by atoms with Gasteiger partial charge in [0.25, 0.3) is 5.91 Å². The van der Waals surface area contributed by atoms with Crippen LogP contribution in [0.2, 0.25) is 0 Å². The maximum absolute atomic E-state index is 12.2. The van der Waals surface area contributed by atoms with Crippen molar-refractivity contribution in [3.63, 3.8) is 0 Å².